The van der Waals surface area contributed by atoms with Crippen LogP contribution in [0.1, 0.15) is 12.5 Å². The summed E-state index contributed by atoms with van der Waals surface area (Å²) in [5.74, 6) is 0. The second-order valence-corrected chi connectivity index (χ2v) is 5.93. The van der Waals surface area contributed by atoms with Crippen molar-refractivity contribution in [1.82, 2.24) is 4.72 Å². The molecule has 17 heavy (non-hydrogen) atoms. The highest BCUT2D eigenvalue weighted by atomic mass is 35.5. The summed E-state index contributed by atoms with van der Waals surface area (Å²) >= 11 is 5.79. The highest BCUT2D eigenvalue weighted by Crippen LogP contribution is 2.26. The van der Waals surface area contributed by atoms with Gasteiger partial charge in [0.15, 0.2) is 0 Å². The van der Waals surface area contributed by atoms with Gasteiger partial charge in [0.2, 0.25) is 10.0 Å². The maximum Gasteiger partial charge on any atom is 0.241 e. The molecule has 7 heteroatoms. The number of hydrogen-bond acceptors (Lipinski definition) is 4. The van der Waals surface area contributed by atoms with E-state index in [4.69, 9.17) is 22.4 Å². The number of rotatable bonds is 4. The fourth-order valence-electron chi connectivity index (χ4n) is 1.32. The van der Waals surface area contributed by atoms with Gasteiger partial charge in [0.05, 0.1) is 22.2 Å². The van der Waals surface area contributed by atoms with E-state index in [2.05, 4.69) is 4.72 Å². The zero-order valence-corrected chi connectivity index (χ0v) is 11.1. The third kappa shape index (κ3) is 3.32. The molecule has 1 aromatic rings. The lowest BCUT2D eigenvalue weighted by atomic mass is 10.2. The summed E-state index contributed by atoms with van der Waals surface area (Å²) in [5.41, 5.74) is 6.28. The van der Waals surface area contributed by atoms with Gasteiger partial charge in [-0.05, 0) is 31.5 Å². The standard InChI is InChI=1S/C10H15ClN2O3S/c1-6-3-8(11)9(12)4-10(6)17(15,16)13-7(2)5-14/h3-4,7,13-14H,5,12H2,1-2H3/t7-/m0/s1. The van der Waals surface area contributed by atoms with Crippen molar-refractivity contribution in [2.45, 2.75) is 24.8 Å². The molecule has 0 fully saturated rings. The molecule has 0 heterocycles. The van der Waals surface area contributed by atoms with Crippen LogP contribution in [0.4, 0.5) is 5.69 Å². The van der Waals surface area contributed by atoms with Gasteiger partial charge in [-0.25, -0.2) is 13.1 Å². The van der Waals surface area contributed by atoms with E-state index in [9.17, 15) is 8.42 Å². The lowest BCUT2D eigenvalue weighted by Crippen LogP contribution is -2.35. The van der Waals surface area contributed by atoms with Crippen molar-refractivity contribution in [1.29, 1.82) is 0 Å². The van der Waals surface area contributed by atoms with Crippen LogP contribution in [0.25, 0.3) is 0 Å². The van der Waals surface area contributed by atoms with Crippen molar-refractivity contribution in [2.24, 2.45) is 0 Å². The number of aliphatic hydroxyl groups is 1. The molecule has 0 aliphatic carbocycles. The molecule has 0 aromatic heterocycles. The van der Waals surface area contributed by atoms with Gasteiger partial charge >= 0.3 is 0 Å². The average Bonchev–Trinajstić information content (AvgIpc) is 2.22. The molecule has 5 nitrogen and oxygen atoms in total. The summed E-state index contributed by atoms with van der Waals surface area (Å²) in [5, 5.41) is 9.16. The summed E-state index contributed by atoms with van der Waals surface area (Å²) < 4.78 is 26.3. The fraction of sp³-hybridized carbons (Fsp3) is 0.400. The Morgan fingerprint density at radius 3 is 2.65 bits per heavy atom. The molecule has 0 aliphatic rings. The predicted octanol–water partition coefficient (Wildman–Crippen LogP) is 0.890. The summed E-state index contributed by atoms with van der Waals surface area (Å²) in [4.78, 5) is 0.0692. The Labute approximate surface area is 106 Å². The molecule has 0 bridgehead atoms. The van der Waals surface area contributed by atoms with Gasteiger partial charge < -0.3 is 10.8 Å². The largest absolute Gasteiger partial charge is 0.397 e. The van der Waals surface area contributed by atoms with Gasteiger partial charge in [0.25, 0.3) is 0 Å². The number of anilines is 1. The minimum absolute atomic E-state index is 0.0692. The van der Waals surface area contributed by atoms with Crippen molar-refractivity contribution in [3.8, 4) is 0 Å². The van der Waals surface area contributed by atoms with Crippen molar-refractivity contribution in [3.63, 3.8) is 0 Å². The Morgan fingerprint density at radius 1 is 1.53 bits per heavy atom. The Kier molecular flexibility index (Phi) is 4.37. The lowest BCUT2D eigenvalue weighted by molar-refractivity contribution is 0.265. The number of aryl methyl sites for hydroxylation is 1. The maximum atomic E-state index is 12.0. The highest BCUT2D eigenvalue weighted by molar-refractivity contribution is 7.89. The van der Waals surface area contributed by atoms with E-state index in [0.717, 1.165) is 0 Å². The van der Waals surface area contributed by atoms with Crippen LogP contribution in [0.15, 0.2) is 17.0 Å². The van der Waals surface area contributed by atoms with E-state index >= 15 is 0 Å². The van der Waals surface area contributed by atoms with Crippen LogP contribution in [0.2, 0.25) is 5.02 Å². The molecular formula is C10H15ClN2O3S. The molecule has 1 atom stereocenters. The lowest BCUT2D eigenvalue weighted by Gasteiger charge is -2.14. The minimum atomic E-state index is -3.69. The molecule has 0 saturated heterocycles. The van der Waals surface area contributed by atoms with E-state index in [1.54, 1.807) is 13.8 Å². The molecule has 0 amide bonds. The average molecular weight is 279 g/mol. The molecule has 4 N–H and O–H groups in total. The summed E-state index contributed by atoms with van der Waals surface area (Å²) in [7, 11) is -3.69. The van der Waals surface area contributed by atoms with Crippen LogP contribution in [-0.2, 0) is 10.0 Å². The second kappa shape index (κ2) is 5.22. The Hall–Kier alpha value is -0.820. The van der Waals surface area contributed by atoms with Crippen molar-refractivity contribution in [3.05, 3.63) is 22.7 Å². The molecule has 0 saturated carbocycles. The first kappa shape index (κ1) is 14.2. The second-order valence-electron chi connectivity index (χ2n) is 3.84. The van der Waals surface area contributed by atoms with Crippen LogP contribution < -0.4 is 10.5 Å². The highest BCUT2D eigenvalue weighted by Gasteiger charge is 2.20. The Bertz CT molecular complexity index is 517. The number of nitrogens with one attached hydrogen (secondary N) is 1. The molecule has 96 valence electrons. The Morgan fingerprint density at radius 2 is 2.12 bits per heavy atom. The van der Waals surface area contributed by atoms with E-state index in [0.29, 0.717) is 10.6 Å². The molecule has 1 rings (SSSR count). The SMILES string of the molecule is Cc1cc(Cl)c(N)cc1S(=O)(=O)N[C@@H](C)CO. The third-order valence-corrected chi connectivity index (χ3v) is 4.27. The number of sulfonamides is 1. The van der Waals surface area contributed by atoms with E-state index in [1.165, 1.54) is 12.1 Å². The summed E-state index contributed by atoms with van der Waals surface area (Å²) in [6, 6.07) is 2.25. The number of nitrogens with two attached hydrogens (primary N) is 1. The van der Waals surface area contributed by atoms with Gasteiger partial charge in [0, 0.05) is 6.04 Å². The number of benzene rings is 1. The van der Waals surface area contributed by atoms with Gasteiger partial charge in [0.1, 0.15) is 0 Å². The van der Waals surface area contributed by atoms with Crippen molar-refractivity contribution in [2.75, 3.05) is 12.3 Å². The monoisotopic (exact) mass is 278 g/mol. The van der Waals surface area contributed by atoms with Gasteiger partial charge in [-0.3, -0.25) is 0 Å². The van der Waals surface area contributed by atoms with Crippen LogP contribution in [-0.4, -0.2) is 26.2 Å². The third-order valence-electron chi connectivity index (χ3n) is 2.21. The first-order valence-electron chi connectivity index (χ1n) is 4.96. The molecule has 0 radical (unpaired) electrons. The smallest absolute Gasteiger partial charge is 0.241 e. The van der Waals surface area contributed by atoms with Crippen molar-refractivity contribution >= 4 is 27.3 Å². The molecular weight excluding hydrogens is 264 g/mol. The van der Waals surface area contributed by atoms with E-state index < -0.39 is 16.1 Å². The normalized spacial score (nSPS) is 13.6. The summed E-state index contributed by atoms with van der Waals surface area (Å²) in [6.07, 6.45) is 0. The maximum absolute atomic E-state index is 12.0. The molecule has 0 unspecified atom stereocenters. The predicted molar refractivity (Wildman–Crippen MR) is 67.5 cm³/mol. The summed E-state index contributed by atoms with van der Waals surface area (Å²) in [6.45, 7) is 2.91. The zero-order valence-electron chi connectivity index (χ0n) is 9.57. The van der Waals surface area contributed by atoms with Crippen LogP contribution in [0.5, 0.6) is 0 Å². The van der Waals surface area contributed by atoms with E-state index in [-0.39, 0.29) is 17.2 Å². The fourth-order valence-corrected chi connectivity index (χ4v) is 3.04. The van der Waals surface area contributed by atoms with Gasteiger partial charge in [-0.15, -0.1) is 0 Å². The van der Waals surface area contributed by atoms with Gasteiger partial charge in [-0.1, -0.05) is 11.6 Å². The quantitative estimate of drug-likeness (QED) is 0.713. The van der Waals surface area contributed by atoms with Crippen LogP contribution in [0.3, 0.4) is 0 Å². The topological polar surface area (TPSA) is 92.4 Å². The van der Waals surface area contributed by atoms with Crippen LogP contribution >= 0.6 is 11.6 Å². The Balaban J connectivity index is 3.20. The number of hydrogen-bond donors (Lipinski definition) is 3. The number of aliphatic hydroxyl groups excluding tert-OH is 1. The van der Waals surface area contributed by atoms with Crippen LogP contribution in [0, 0.1) is 6.92 Å². The molecule has 0 aliphatic heterocycles. The zero-order chi connectivity index (χ0) is 13.2. The minimum Gasteiger partial charge on any atom is -0.397 e. The molecule has 1 aromatic carbocycles. The van der Waals surface area contributed by atoms with Gasteiger partial charge in [-0.2, -0.15) is 0 Å². The number of nitrogen functional groups attached to an aromatic ring is 1. The first-order valence-corrected chi connectivity index (χ1v) is 6.83. The van der Waals surface area contributed by atoms with Crippen molar-refractivity contribution < 1.29 is 13.5 Å². The van der Waals surface area contributed by atoms with E-state index in [1.807, 2.05) is 0 Å². The molecule has 0 spiro atoms. The number of halogens is 1. The first-order chi connectivity index (χ1) is 7.77.